The predicted molar refractivity (Wildman–Crippen MR) is 64.6 cm³/mol. The van der Waals surface area contributed by atoms with Gasteiger partial charge in [0.2, 0.25) is 0 Å². The maximum absolute atomic E-state index is 4.60. The molecular formula is C13H21N3. The highest BCUT2D eigenvalue weighted by Crippen LogP contribution is 2.33. The average Bonchev–Trinajstić information content (AvgIpc) is 2.73. The van der Waals surface area contributed by atoms with Crippen molar-refractivity contribution >= 4 is 0 Å². The van der Waals surface area contributed by atoms with Crippen molar-refractivity contribution in [2.75, 3.05) is 13.1 Å². The molecule has 1 unspecified atom stereocenters. The molecule has 0 saturated carbocycles. The van der Waals surface area contributed by atoms with E-state index in [9.17, 15) is 0 Å². The van der Waals surface area contributed by atoms with Crippen molar-refractivity contribution in [2.45, 2.75) is 44.9 Å². The van der Waals surface area contributed by atoms with Crippen LogP contribution >= 0.6 is 0 Å². The summed E-state index contributed by atoms with van der Waals surface area (Å²) in [6.07, 6.45) is 6.28. The smallest absolute Gasteiger partial charge is 0.0688 e. The summed E-state index contributed by atoms with van der Waals surface area (Å²) in [5, 5.41) is 11.3. The summed E-state index contributed by atoms with van der Waals surface area (Å²) in [5.74, 6) is 1.54. The standard InChI is InChI=1S/C13H21N3/c1-9-2-3-12-11(8-9)13(16-15-12)10-4-6-14-7-5-10/h9-10,14H,2-8H2,1H3,(H,15,16). The Morgan fingerprint density at radius 3 is 2.81 bits per heavy atom. The fraction of sp³-hybridized carbons (Fsp3) is 0.769. The first-order valence-corrected chi connectivity index (χ1v) is 6.61. The number of rotatable bonds is 1. The molecule has 1 saturated heterocycles. The summed E-state index contributed by atoms with van der Waals surface area (Å²) >= 11 is 0. The molecule has 2 aliphatic rings. The Balaban J connectivity index is 1.86. The molecule has 3 nitrogen and oxygen atoms in total. The Morgan fingerprint density at radius 1 is 1.19 bits per heavy atom. The molecule has 0 radical (unpaired) electrons. The SMILES string of the molecule is CC1CCc2[nH]nc(C3CCNCC3)c2C1. The van der Waals surface area contributed by atoms with Gasteiger partial charge >= 0.3 is 0 Å². The Hall–Kier alpha value is -0.830. The third-order valence-corrected chi connectivity index (χ3v) is 4.15. The lowest BCUT2D eigenvalue weighted by atomic mass is 9.83. The summed E-state index contributed by atoms with van der Waals surface area (Å²) in [5.41, 5.74) is 4.38. The Labute approximate surface area is 97.0 Å². The summed E-state index contributed by atoms with van der Waals surface area (Å²) in [4.78, 5) is 0. The van der Waals surface area contributed by atoms with E-state index in [1.165, 1.54) is 43.5 Å². The molecule has 1 aromatic rings. The van der Waals surface area contributed by atoms with Gasteiger partial charge in [0, 0.05) is 11.6 Å². The number of hydrogen-bond donors (Lipinski definition) is 2. The van der Waals surface area contributed by atoms with Crippen LogP contribution in [0, 0.1) is 5.92 Å². The van der Waals surface area contributed by atoms with Gasteiger partial charge in [0.05, 0.1) is 5.69 Å². The molecule has 0 amide bonds. The highest BCUT2D eigenvalue weighted by atomic mass is 15.1. The first-order valence-electron chi connectivity index (χ1n) is 6.61. The molecule has 0 bridgehead atoms. The zero-order chi connectivity index (χ0) is 11.0. The summed E-state index contributed by atoms with van der Waals surface area (Å²) in [7, 11) is 0. The number of hydrogen-bond acceptors (Lipinski definition) is 2. The quantitative estimate of drug-likeness (QED) is 0.758. The lowest BCUT2D eigenvalue weighted by molar-refractivity contribution is 0.444. The molecule has 1 aromatic heterocycles. The van der Waals surface area contributed by atoms with E-state index in [0.29, 0.717) is 5.92 Å². The number of aromatic amines is 1. The van der Waals surface area contributed by atoms with Crippen LogP contribution in [-0.4, -0.2) is 23.3 Å². The van der Waals surface area contributed by atoms with Crippen LogP contribution < -0.4 is 5.32 Å². The van der Waals surface area contributed by atoms with Gasteiger partial charge in [-0.1, -0.05) is 6.92 Å². The normalized spacial score (nSPS) is 26.7. The molecule has 0 spiro atoms. The summed E-state index contributed by atoms with van der Waals surface area (Å²) < 4.78 is 0. The minimum Gasteiger partial charge on any atom is -0.317 e. The second-order valence-corrected chi connectivity index (χ2v) is 5.44. The lowest BCUT2D eigenvalue weighted by Gasteiger charge is -2.24. The van der Waals surface area contributed by atoms with Gasteiger partial charge < -0.3 is 5.32 Å². The number of nitrogens with one attached hydrogen (secondary N) is 2. The second kappa shape index (κ2) is 4.21. The van der Waals surface area contributed by atoms with Gasteiger partial charge in [-0.25, -0.2) is 0 Å². The Bertz CT molecular complexity index is 363. The first kappa shape index (κ1) is 10.3. The van der Waals surface area contributed by atoms with Crippen molar-refractivity contribution in [3.63, 3.8) is 0 Å². The molecule has 88 valence electrons. The zero-order valence-electron chi connectivity index (χ0n) is 10.1. The van der Waals surface area contributed by atoms with Gasteiger partial charge in [-0.3, -0.25) is 5.10 Å². The monoisotopic (exact) mass is 219 g/mol. The number of H-pyrrole nitrogens is 1. The van der Waals surface area contributed by atoms with Crippen LogP contribution in [0.3, 0.4) is 0 Å². The van der Waals surface area contributed by atoms with E-state index in [4.69, 9.17) is 0 Å². The number of nitrogens with zero attached hydrogens (tertiary/aromatic N) is 1. The third kappa shape index (κ3) is 1.77. The van der Waals surface area contributed by atoms with E-state index in [-0.39, 0.29) is 0 Å². The fourth-order valence-electron chi connectivity index (χ4n) is 3.13. The van der Waals surface area contributed by atoms with Crippen molar-refractivity contribution in [1.82, 2.24) is 15.5 Å². The molecule has 0 aromatic carbocycles. The number of fused-ring (bicyclic) bond motifs is 1. The van der Waals surface area contributed by atoms with Crippen molar-refractivity contribution < 1.29 is 0 Å². The summed E-state index contributed by atoms with van der Waals surface area (Å²) in [6, 6.07) is 0. The van der Waals surface area contributed by atoms with E-state index < -0.39 is 0 Å². The van der Waals surface area contributed by atoms with Crippen LogP contribution in [0.1, 0.15) is 49.1 Å². The van der Waals surface area contributed by atoms with Crippen LogP contribution in [0.15, 0.2) is 0 Å². The molecular weight excluding hydrogens is 198 g/mol. The first-order chi connectivity index (χ1) is 7.84. The maximum atomic E-state index is 4.60. The molecule has 16 heavy (non-hydrogen) atoms. The number of aryl methyl sites for hydroxylation is 1. The second-order valence-electron chi connectivity index (χ2n) is 5.44. The highest BCUT2D eigenvalue weighted by Gasteiger charge is 2.26. The molecule has 2 heterocycles. The van der Waals surface area contributed by atoms with E-state index in [1.807, 2.05) is 0 Å². The van der Waals surface area contributed by atoms with Gasteiger partial charge in [0.1, 0.15) is 0 Å². The minimum atomic E-state index is 0.701. The summed E-state index contributed by atoms with van der Waals surface area (Å²) in [6.45, 7) is 4.67. The van der Waals surface area contributed by atoms with E-state index in [1.54, 1.807) is 5.56 Å². The fourth-order valence-corrected chi connectivity index (χ4v) is 3.13. The Morgan fingerprint density at radius 2 is 2.00 bits per heavy atom. The van der Waals surface area contributed by atoms with Gasteiger partial charge in [-0.2, -0.15) is 5.10 Å². The average molecular weight is 219 g/mol. The van der Waals surface area contributed by atoms with Crippen molar-refractivity contribution in [1.29, 1.82) is 0 Å². The van der Waals surface area contributed by atoms with Gasteiger partial charge in [-0.15, -0.1) is 0 Å². The highest BCUT2D eigenvalue weighted by molar-refractivity contribution is 5.31. The van der Waals surface area contributed by atoms with Crippen LogP contribution in [0.4, 0.5) is 0 Å². The van der Waals surface area contributed by atoms with E-state index in [2.05, 4.69) is 22.4 Å². The molecule has 3 heteroatoms. The Kier molecular flexibility index (Phi) is 2.72. The molecule has 1 atom stereocenters. The number of piperidine rings is 1. The van der Waals surface area contributed by atoms with Crippen LogP contribution in [0.2, 0.25) is 0 Å². The van der Waals surface area contributed by atoms with E-state index in [0.717, 1.165) is 19.0 Å². The van der Waals surface area contributed by atoms with Gasteiger partial charge in [0.15, 0.2) is 0 Å². The van der Waals surface area contributed by atoms with Crippen LogP contribution in [-0.2, 0) is 12.8 Å². The van der Waals surface area contributed by atoms with Gasteiger partial charge in [0.25, 0.3) is 0 Å². The van der Waals surface area contributed by atoms with Crippen molar-refractivity contribution in [3.8, 4) is 0 Å². The molecule has 2 N–H and O–H groups in total. The molecule has 1 aliphatic heterocycles. The molecule has 1 aliphatic carbocycles. The molecule has 3 rings (SSSR count). The predicted octanol–water partition coefficient (Wildman–Crippen LogP) is 2.00. The molecule has 1 fully saturated rings. The van der Waals surface area contributed by atoms with Gasteiger partial charge in [-0.05, 0) is 56.7 Å². The zero-order valence-corrected chi connectivity index (χ0v) is 10.1. The van der Waals surface area contributed by atoms with Crippen LogP contribution in [0.25, 0.3) is 0 Å². The lowest BCUT2D eigenvalue weighted by Crippen LogP contribution is -2.27. The largest absolute Gasteiger partial charge is 0.317 e. The van der Waals surface area contributed by atoms with Crippen LogP contribution in [0.5, 0.6) is 0 Å². The third-order valence-electron chi connectivity index (χ3n) is 4.15. The minimum absolute atomic E-state index is 0.701. The number of aromatic nitrogens is 2. The van der Waals surface area contributed by atoms with Crippen molar-refractivity contribution in [3.05, 3.63) is 17.0 Å². The topological polar surface area (TPSA) is 40.7 Å². The van der Waals surface area contributed by atoms with E-state index >= 15 is 0 Å². The maximum Gasteiger partial charge on any atom is 0.0688 e. The van der Waals surface area contributed by atoms with Crippen molar-refractivity contribution in [2.24, 2.45) is 5.92 Å².